The Labute approximate surface area is 157 Å². The van der Waals surface area contributed by atoms with Crippen LogP contribution in [-0.2, 0) is 21.4 Å². The lowest BCUT2D eigenvalue weighted by Gasteiger charge is -2.06. The van der Waals surface area contributed by atoms with Crippen LogP contribution in [0.1, 0.15) is 33.3 Å². The first kappa shape index (κ1) is 19.0. The van der Waals surface area contributed by atoms with E-state index in [0.29, 0.717) is 10.9 Å². The first-order valence-electron chi connectivity index (χ1n) is 7.37. The first-order valence-corrected chi connectivity index (χ1v) is 9.31. The second-order valence-electron chi connectivity index (χ2n) is 4.77. The van der Waals surface area contributed by atoms with Crippen molar-refractivity contribution in [2.24, 2.45) is 0 Å². The van der Waals surface area contributed by atoms with Crippen molar-refractivity contribution in [3.05, 3.63) is 51.9 Å². The summed E-state index contributed by atoms with van der Waals surface area (Å²) in [5.74, 6) is -0.524. The van der Waals surface area contributed by atoms with E-state index in [4.69, 9.17) is 9.47 Å². The summed E-state index contributed by atoms with van der Waals surface area (Å²) in [5.41, 5.74) is 1.56. The summed E-state index contributed by atoms with van der Waals surface area (Å²) >= 11 is 4.26. The van der Waals surface area contributed by atoms with E-state index in [1.165, 1.54) is 0 Å². The van der Waals surface area contributed by atoms with Crippen molar-refractivity contribution >= 4 is 44.3 Å². The average Bonchev–Trinajstić information content (AvgIpc) is 2.98. The van der Waals surface area contributed by atoms with Crippen molar-refractivity contribution in [3.8, 4) is 6.07 Å². The SMILES string of the molecule is CCOC(=O)c1sc(NC(=O)OCc2ccccc2)c(C#N)c1CBr. The van der Waals surface area contributed by atoms with Gasteiger partial charge >= 0.3 is 12.1 Å². The predicted molar refractivity (Wildman–Crippen MR) is 97.9 cm³/mol. The van der Waals surface area contributed by atoms with Gasteiger partial charge in [0, 0.05) is 10.9 Å². The van der Waals surface area contributed by atoms with Gasteiger partial charge in [-0.2, -0.15) is 5.26 Å². The normalized spacial score (nSPS) is 9.96. The maximum absolute atomic E-state index is 12.0. The van der Waals surface area contributed by atoms with E-state index in [-0.39, 0.29) is 28.7 Å². The van der Waals surface area contributed by atoms with Gasteiger partial charge in [-0.15, -0.1) is 11.3 Å². The van der Waals surface area contributed by atoms with Crippen LogP contribution in [0, 0.1) is 11.3 Å². The van der Waals surface area contributed by atoms with Crippen molar-refractivity contribution in [1.82, 2.24) is 0 Å². The number of nitriles is 1. The monoisotopic (exact) mass is 422 g/mol. The van der Waals surface area contributed by atoms with E-state index in [9.17, 15) is 14.9 Å². The molecular weight excluding hydrogens is 408 g/mol. The number of halogens is 1. The predicted octanol–water partition coefficient (Wildman–Crippen LogP) is 4.44. The number of carbonyl (C=O) groups excluding carboxylic acids is 2. The van der Waals surface area contributed by atoms with Crippen molar-refractivity contribution in [2.45, 2.75) is 18.9 Å². The van der Waals surface area contributed by atoms with Crippen LogP contribution in [0.5, 0.6) is 0 Å². The number of hydrogen-bond donors (Lipinski definition) is 1. The van der Waals surface area contributed by atoms with Gasteiger partial charge in [-0.05, 0) is 12.5 Å². The molecule has 0 aliphatic heterocycles. The van der Waals surface area contributed by atoms with Gasteiger partial charge in [-0.25, -0.2) is 9.59 Å². The molecule has 2 rings (SSSR count). The summed E-state index contributed by atoms with van der Waals surface area (Å²) in [4.78, 5) is 24.3. The number of ether oxygens (including phenoxy) is 2. The highest BCUT2D eigenvalue weighted by Crippen LogP contribution is 2.35. The Balaban J connectivity index is 2.14. The molecule has 2 aromatic rings. The fourth-order valence-corrected chi connectivity index (χ4v) is 3.81. The molecule has 130 valence electrons. The van der Waals surface area contributed by atoms with Crippen LogP contribution in [0.15, 0.2) is 30.3 Å². The molecule has 0 radical (unpaired) electrons. The zero-order chi connectivity index (χ0) is 18.2. The smallest absolute Gasteiger partial charge is 0.412 e. The minimum Gasteiger partial charge on any atom is -0.462 e. The molecule has 1 N–H and O–H groups in total. The largest absolute Gasteiger partial charge is 0.462 e. The molecule has 1 heterocycles. The average molecular weight is 423 g/mol. The summed E-state index contributed by atoms with van der Waals surface area (Å²) in [6, 6.07) is 11.2. The molecule has 0 aliphatic carbocycles. The van der Waals surface area contributed by atoms with Gasteiger partial charge in [-0.1, -0.05) is 46.3 Å². The Hall–Kier alpha value is -2.37. The van der Waals surface area contributed by atoms with Crippen LogP contribution in [0.25, 0.3) is 0 Å². The summed E-state index contributed by atoms with van der Waals surface area (Å²) in [6.45, 7) is 2.03. The molecule has 8 heteroatoms. The van der Waals surface area contributed by atoms with Crippen LogP contribution >= 0.6 is 27.3 Å². The van der Waals surface area contributed by atoms with Crippen molar-refractivity contribution < 1.29 is 19.1 Å². The number of anilines is 1. The van der Waals surface area contributed by atoms with Crippen LogP contribution in [0.3, 0.4) is 0 Å². The van der Waals surface area contributed by atoms with Gasteiger partial charge in [0.05, 0.1) is 12.2 Å². The molecule has 1 aromatic heterocycles. The Bertz CT molecular complexity index is 799. The number of alkyl halides is 1. The third-order valence-corrected chi connectivity index (χ3v) is 4.83. The zero-order valence-corrected chi connectivity index (χ0v) is 15.8. The van der Waals surface area contributed by atoms with Gasteiger partial charge in [0.25, 0.3) is 0 Å². The standard InChI is InChI=1S/C17H15BrN2O4S/c1-2-23-16(21)14-12(8-18)13(9-19)15(25-14)20-17(22)24-10-11-6-4-3-5-7-11/h3-7H,2,8,10H2,1H3,(H,20,22). The molecule has 0 saturated carbocycles. The molecule has 1 aromatic carbocycles. The topological polar surface area (TPSA) is 88.4 Å². The second kappa shape index (κ2) is 9.20. The molecule has 1 amide bonds. The van der Waals surface area contributed by atoms with Crippen molar-refractivity contribution in [1.29, 1.82) is 5.26 Å². The molecule has 0 aliphatic rings. The van der Waals surface area contributed by atoms with Crippen molar-refractivity contribution in [2.75, 3.05) is 11.9 Å². The number of nitrogens with one attached hydrogen (secondary N) is 1. The van der Waals surface area contributed by atoms with E-state index in [1.807, 2.05) is 36.4 Å². The maximum Gasteiger partial charge on any atom is 0.412 e. The van der Waals surface area contributed by atoms with Crippen LogP contribution in [-0.4, -0.2) is 18.7 Å². The molecule has 25 heavy (non-hydrogen) atoms. The first-order chi connectivity index (χ1) is 12.1. The van der Waals surface area contributed by atoms with Gasteiger partial charge in [-0.3, -0.25) is 5.32 Å². The van der Waals surface area contributed by atoms with E-state index < -0.39 is 12.1 Å². The minimum absolute atomic E-state index is 0.107. The van der Waals surface area contributed by atoms with E-state index >= 15 is 0 Å². The van der Waals surface area contributed by atoms with Gasteiger partial charge < -0.3 is 9.47 Å². The molecule has 0 fully saturated rings. The molecule has 6 nitrogen and oxygen atoms in total. The number of rotatable bonds is 6. The number of amides is 1. The van der Waals surface area contributed by atoms with E-state index in [1.54, 1.807) is 6.92 Å². The van der Waals surface area contributed by atoms with Crippen LogP contribution < -0.4 is 5.32 Å². The number of hydrogen-bond acceptors (Lipinski definition) is 6. The molecule has 0 atom stereocenters. The fourth-order valence-electron chi connectivity index (χ4n) is 2.01. The highest BCUT2D eigenvalue weighted by Gasteiger charge is 2.24. The molecule has 0 spiro atoms. The third kappa shape index (κ3) is 4.81. The lowest BCUT2D eigenvalue weighted by molar-refractivity contribution is 0.0531. The van der Waals surface area contributed by atoms with Gasteiger partial charge in [0.1, 0.15) is 22.6 Å². The second-order valence-corrected chi connectivity index (χ2v) is 6.35. The number of thiophene rings is 1. The molecular formula is C17H15BrN2O4S. The van der Waals surface area contributed by atoms with E-state index in [0.717, 1.165) is 16.9 Å². The summed E-state index contributed by atoms with van der Waals surface area (Å²) in [6.07, 6.45) is -0.696. The van der Waals surface area contributed by atoms with Crippen LogP contribution in [0.4, 0.5) is 9.80 Å². The lowest BCUT2D eigenvalue weighted by Crippen LogP contribution is -2.13. The van der Waals surface area contributed by atoms with E-state index in [2.05, 4.69) is 21.2 Å². The fraction of sp³-hybridized carbons (Fsp3) is 0.235. The van der Waals surface area contributed by atoms with Crippen LogP contribution in [0.2, 0.25) is 0 Å². The molecule has 0 unspecified atom stereocenters. The quantitative estimate of drug-likeness (QED) is 0.548. The van der Waals surface area contributed by atoms with Crippen molar-refractivity contribution in [3.63, 3.8) is 0 Å². The van der Waals surface area contributed by atoms with Gasteiger partial charge in [0.2, 0.25) is 0 Å². The lowest BCUT2D eigenvalue weighted by atomic mass is 10.2. The minimum atomic E-state index is -0.696. The number of benzene rings is 1. The Morgan fingerprint density at radius 2 is 2.00 bits per heavy atom. The molecule has 0 saturated heterocycles. The number of esters is 1. The highest BCUT2D eigenvalue weighted by atomic mass is 79.9. The summed E-state index contributed by atoms with van der Waals surface area (Å²) in [5, 5.41) is 12.5. The summed E-state index contributed by atoms with van der Waals surface area (Å²) in [7, 11) is 0. The number of nitrogens with zero attached hydrogens (tertiary/aromatic N) is 1. The Kier molecular flexibility index (Phi) is 6.98. The number of carbonyl (C=O) groups is 2. The third-order valence-electron chi connectivity index (χ3n) is 3.14. The maximum atomic E-state index is 12.0. The zero-order valence-electron chi connectivity index (χ0n) is 13.4. The Morgan fingerprint density at radius 3 is 2.60 bits per heavy atom. The molecule has 0 bridgehead atoms. The Morgan fingerprint density at radius 1 is 1.28 bits per heavy atom. The summed E-state index contributed by atoms with van der Waals surface area (Å²) < 4.78 is 10.1. The van der Waals surface area contributed by atoms with Gasteiger partial charge in [0.15, 0.2) is 0 Å². The highest BCUT2D eigenvalue weighted by molar-refractivity contribution is 9.08.